The molecule has 1 saturated carbocycles. The molecule has 0 saturated heterocycles. The SMILES string of the molecule is FC1(F)CC[C@@H](COc2ccc(C(F)(F)F)cc2)C1. The van der Waals surface area contributed by atoms with Crippen LogP contribution in [0.3, 0.4) is 0 Å². The Labute approximate surface area is 107 Å². The minimum absolute atomic E-state index is 0.112. The van der Waals surface area contributed by atoms with Gasteiger partial charge in [-0.3, -0.25) is 0 Å². The van der Waals surface area contributed by atoms with Gasteiger partial charge in [0.15, 0.2) is 0 Å². The van der Waals surface area contributed by atoms with Crippen LogP contribution in [-0.2, 0) is 6.18 Å². The molecule has 0 spiro atoms. The smallest absolute Gasteiger partial charge is 0.416 e. The molecule has 0 amide bonds. The van der Waals surface area contributed by atoms with Crippen LogP contribution >= 0.6 is 0 Å². The summed E-state index contributed by atoms with van der Waals surface area (Å²) in [4.78, 5) is 0. The summed E-state index contributed by atoms with van der Waals surface area (Å²) in [5.74, 6) is -2.60. The first-order valence-electron chi connectivity index (χ1n) is 5.94. The second-order valence-electron chi connectivity index (χ2n) is 4.80. The normalized spacial score (nSPS) is 22.5. The molecule has 0 unspecified atom stereocenters. The fourth-order valence-corrected chi connectivity index (χ4v) is 2.14. The zero-order valence-electron chi connectivity index (χ0n) is 10.0. The minimum Gasteiger partial charge on any atom is -0.493 e. The third-order valence-corrected chi connectivity index (χ3v) is 3.17. The maximum atomic E-state index is 12.9. The average Bonchev–Trinajstić information content (AvgIpc) is 2.66. The van der Waals surface area contributed by atoms with Crippen molar-refractivity contribution in [2.75, 3.05) is 6.61 Å². The van der Waals surface area contributed by atoms with E-state index < -0.39 is 17.7 Å². The van der Waals surface area contributed by atoms with Crippen molar-refractivity contribution in [3.8, 4) is 5.75 Å². The fraction of sp³-hybridized carbons (Fsp3) is 0.538. The Bertz CT molecular complexity index is 424. The summed E-state index contributed by atoms with van der Waals surface area (Å²) < 4.78 is 68.0. The van der Waals surface area contributed by atoms with Gasteiger partial charge >= 0.3 is 6.18 Å². The van der Waals surface area contributed by atoms with Gasteiger partial charge < -0.3 is 4.74 Å². The molecule has 0 N–H and O–H groups in total. The Hall–Kier alpha value is -1.33. The van der Waals surface area contributed by atoms with Crippen molar-refractivity contribution in [1.82, 2.24) is 0 Å². The molecule has 2 rings (SSSR count). The van der Waals surface area contributed by atoms with E-state index in [1.165, 1.54) is 12.1 Å². The van der Waals surface area contributed by atoms with Crippen molar-refractivity contribution >= 4 is 0 Å². The maximum absolute atomic E-state index is 12.9. The molecule has 1 aromatic carbocycles. The first-order chi connectivity index (χ1) is 8.76. The highest BCUT2D eigenvalue weighted by atomic mass is 19.4. The molecule has 0 aromatic heterocycles. The number of benzene rings is 1. The summed E-state index contributed by atoms with van der Waals surface area (Å²) in [5.41, 5.74) is -0.757. The van der Waals surface area contributed by atoms with Gasteiger partial charge in [0.05, 0.1) is 12.2 Å². The number of hydrogen-bond donors (Lipinski definition) is 0. The number of halogens is 5. The molecule has 106 valence electrons. The van der Waals surface area contributed by atoms with Crippen molar-refractivity contribution in [3.63, 3.8) is 0 Å². The van der Waals surface area contributed by atoms with Gasteiger partial charge in [-0.1, -0.05) is 0 Å². The van der Waals surface area contributed by atoms with E-state index in [1.54, 1.807) is 0 Å². The van der Waals surface area contributed by atoms with E-state index in [2.05, 4.69) is 0 Å². The van der Waals surface area contributed by atoms with Gasteiger partial charge in [0.1, 0.15) is 5.75 Å². The van der Waals surface area contributed by atoms with E-state index in [0.29, 0.717) is 6.42 Å². The zero-order chi connectivity index (χ0) is 14.1. The van der Waals surface area contributed by atoms with Crippen LogP contribution in [0, 0.1) is 5.92 Å². The molecule has 0 radical (unpaired) electrons. The third kappa shape index (κ3) is 3.81. The minimum atomic E-state index is -4.38. The summed E-state index contributed by atoms with van der Waals surface area (Å²) in [6.45, 7) is 0.112. The Morgan fingerprint density at radius 3 is 2.26 bits per heavy atom. The van der Waals surface area contributed by atoms with Crippen molar-refractivity contribution in [2.24, 2.45) is 5.92 Å². The highest BCUT2D eigenvalue weighted by Crippen LogP contribution is 2.39. The lowest BCUT2D eigenvalue weighted by Crippen LogP contribution is -2.14. The fourth-order valence-electron chi connectivity index (χ4n) is 2.14. The molecule has 0 heterocycles. The lowest BCUT2D eigenvalue weighted by molar-refractivity contribution is -0.137. The second-order valence-corrected chi connectivity index (χ2v) is 4.80. The number of hydrogen-bond acceptors (Lipinski definition) is 1. The molecule has 6 heteroatoms. The van der Waals surface area contributed by atoms with Gasteiger partial charge in [-0.25, -0.2) is 8.78 Å². The summed E-state index contributed by atoms with van der Waals surface area (Å²) in [6, 6.07) is 4.24. The van der Waals surface area contributed by atoms with Gasteiger partial charge in [-0.2, -0.15) is 13.2 Å². The molecule has 1 aromatic rings. The van der Waals surface area contributed by atoms with Crippen LogP contribution in [0.4, 0.5) is 22.0 Å². The highest BCUT2D eigenvalue weighted by molar-refractivity contribution is 5.28. The third-order valence-electron chi connectivity index (χ3n) is 3.17. The van der Waals surface area contributed by atoms with Gasteiger partial charge in [-0.05, 0) is 36.6 Å². The first-order valence-corrected chi connectivity index (χ1v) is 5.94. The van der Waals surface area contributed by atoms with Crippen LogP contribution in [0.25, 0.3) is 0 Å². The molecule has 1 aliphatic carbocycles. The highest BCUT2D eigenvalue weighted by Gasteiger charge is 2.39. The topological polar surface area (TPSA) is 9.23 Å². The van der Waals surface area contributed by atoms with E-state index >= 15 is 0 Å². The molecule has 1 nitrogen and oxygen atoms in total. The van der Waals surface area contributed by atoms with Gasteiger partial charge in [0.2, 0.25) is 5.92 Å². The van der Waals surface area contributed by atoms with Gasteiger partial charge in [0.25, 0.3) is 0 Å². The van der Waals surface area contributed by atoms with E-state index in [-0.39, 0.29) is 31.1 Å². The van der Waals surface area contributed by atoms with Crippen molar-refractivity contribution in [2.45, 2.75) is 31.4 Å². The monoisotopic (exact) mass is 280 g/mol. The quantitative estimate of drug-likeness (QED) is 0.740. The van der Waals surface area contributed by atoms with E-state index in [9.17, 15) is 22.0 Å². The van der Waals surface area contributed by atoms with Crippen molar-refractivity contribution in [3.05, 3.63) is 29.8 Å². The van der Waals surface area contributed by atoms with Crippen LogP contribution < -0.4 is 4.74 Å². The molecular weight excluding hydrogens is 267 g/mol. The molecule has 19 heavy (non-hydrogen) atoms. The first kappa shape index (κ1) is 14.1. The van der Waals surface area contributed by atoms with Crippen LogP contribution in [0.1, 0.15) is 24.8 Å². The van der Waals surface area contributed by atoms with Crippen LogP contribution in [0.2, 0.25) is 0 Å². The van der Waals surface area contributed by atoms with Crippen LogP contribution in [-0.4, -0.2) is 12.5 Å². The van der Waals surface area contributed by atoms with Crippen LogP contribution in [0.5, 0.6) is 5.75 Å². The largest absolute Gasteiger partial charge is 0.493 e. The van der Waals surface area contributed by atoms with Crippen LogP contribution in [0.15, 0.2) is 24.3 Å². The molecule has 1 aliphatic rings. The number of ether oxygens (including phenoxy) is 1. The Morgan fingerprint density at radius 2 is 1.79 bits per heavy atom. The molecule has 0 bridgehead atoms. The predicted molar refractivity (Wildman–Crippen MR) is 59.2 cm³/mol. The maximum Gasteiger partial charge on any atom is 0.416 e. The standard InChI is InChI=1S/C13H13F5O/c14-12(15)6-5-9(7-12)8-19-11-3-1-10(2-4-11)13(16,17)18/h1-4,9H,5-8H2/t9-/m1/s1. The average molecular weight is 280 g/mol. The van der Waals surface area contributed by atoms with Gasteiger partial charge in [0, 0.05) is 12.8 Å². The molecule has 1 fully saturated rings. The van der Waals surface area contributed by atoms with E-state index in [1.807, 2.05) is 0 Å². The second kappa shape index (κ2) is 4.98. The molecule has 0 aliphatic heterocycles. The van der Waals surface area contributed by atoms with E-state index in [0.717, 1.165) is 12.1 Å². The van der Waals surface area contributed by atoms with Crippen molar-refractivity contribution in [1.29, 1.82) is 0 Å². The lowest BCUT2D eigenvalue weighted by atomic mass is 10.1. The predicted octanol–water partition coefficient (Wildman–Crippen LogP) is 4.52. The van der Waals surface area contributed by atoms with Gasteiger partial charge in [-0.15, -0.1) is 0 Å². The summed E-state index contributed by atoms with van der Waals surface area (Å²) in [5, 5.41) is 0. The number of rotatable bonds is 3. The summed E-state index contributed by atoms with van der Waals surface area (Å²) >= 11 is 0. The van der Waals surface area contributed by atoms with E-state index in [4.69, 9.17) is 4.74 Å². The Morgan fingerprint density at radius 1 is 1.16 bits per heavy atom. The summed E-state index contributed by atoms with van der Waals surface area (Å²) in [6.07, 6.45) is -4.36. The lowest BCUT2D eigenvalue weighted by Gasteiger charge is -2.13. The summed E-state index contributed by atoms with van der Waals surface area (Å²) in [7, 11) is 0. The Balaban J connectivity index is 1.87. The van der Waals surface area contributed by atoms with Crippen molar-refractivity contribution < 1.29 is 26.7 Å². The Kier molecular flexibility index (Phi) is 3.69. The molecular formula is C13H13F5O. The molecule has 1 atom stereocenters. The number of alkyl halides is 5. The zero-order valence-corrected chi connectivity index (χ0v) is 10.0.